The minimum absolute atomic E-state index is 0.0620. The predicted molar refractivity (Wildman–Crippen MR) is 96.8 cm³/mol. The second kappa shape index (κ2) is 9.68. The summed E-state index contributed by atoms with van der Waals surface area (Å²) in [5.41, 5.74) is 0. The van der Waals surface area contributed by atoms with Gasteiger partial charge in [-0.1, -0.05) is 43.9 Å². The highest BCUT2D eigenvalue weighted by molar-refractivity contribution is 7.89. The van der Waals surface area contributed by atoms with Crippen molar-refractivity contribution in [3.05, 3.63) is 30.3 Å². The summed E-state index contributed by atoms with van der Waals surface area (Å²) in [6.07, 6.45) is 5.43. The summed E-state index contributed by atoms with van der Waals surface area (Å²) >= 11 is 0. The molecule has 0 radical (unpaired) electrons. The molecule has 0 bridgehead atoms. The van der Waals surface area contributed by atoms with E-state index in [9.17, 15) is 18.0 Å². The van der Waals surface area contributed by atoms with Gasteiger partial charge in [0.05, 0.1) is 4.90 Å². The number of rotatable bonds is 7. The number of amides is 1. The van der Waals surface area contributed by atoms with Crippen molar-refractivity contribution < 1.29 is 22.7 Å². The van der Waals surface area contributed by atoms with E-state index in [2.05, 4.69) is 10.0 Å². The number of ether oxygens (including phenoxy) is 1. The number of hydrogen-bond donors (Lipinski definition) is 2. The van der Waals surface area contributed by atoms with Crippen LogP contribution in [0.1, 0.15) is 45.4 Å². The first-order chi connectivity index (χ1) is 12.4. The molecule has 0 unspecified atom stereocenters. The lowest BCUT2D eigenvalue weighted by Gasteiger charge is -2.19. The molecule has 1 atom stereocenters. The van der Waals surface area contributed by atoms with Gasteiger partial charge in [-0.15, -0.1) is 0 Å². The lowest BCUT2D eigenvalue weighted by Crippen LogP contribution is -2.43. The maximum Gasteiger partial charge on any atom is 0.321 e. The normalized spacial score (nSPS) is 17.1. The van der Waals surface area contributed by atoms with Crippen LogP contribution in [0, 0.1) is 0 Å². The molecule has 2 rings (SSSR count). The maximum absolute atomic E-state index is 12.2. The first-order valence-corrected chi connectivity index (χ1v) is 10.4. The van der Waals surface area contributed by atoms with Gasteiger partial charge in [0.25, 0.3) is 5.91 Å². The van der Waals surface area contributed by atoms with Gasteiger partial charge in [-0.3, -0.25) is 9.59 Å². The molecule has 0 aliphatic heterocycles. The van der Waals surface area contributed by atoms with Gasteiger partial charge in [0.1, 0.15) is 6.54 Å². The Morgan fingerprint density at radius 3 is 2.35 bits per heavy atom. The number of nitrogens with one attached hydrogen (secondary N) is 2. The van der Waals surface area contributed by atoms with Crippen LogP contribution in [-0.2, 0) is 24.3 Å². The van der Waals surface area contributed by atoms with Crippen LogP contribution in [0.3, 0.4) is 0 Å². The summed E-state index contributed by atoms with van der Waals surface area (Å²) in [6, 6.07) is 7.84. The van der Waals surface area contributed by atoms with E-state index in [1.165, 1.54) is 31.9 Å². The quantitative estimate of drug-likeness (QED) is 0.552. The third-order valence-corrected chi connectivity index (χ3v) is 5.76. The summed E-state index contributed by atoms with van der Waals surface area (Å²) in [4.78, 5) is 24.1. The number of carbonyl (C=O) groups is 2. The summed E-state index contributed by atoms with van der Waals surface area (Å²) in [5, 5.41) is 2.91. The van der Waals surface area contributed by atoms with Crippen LogP contribution >= 0.6 is 0 Å². The van der Waals surface area contributed by atoms with E-state index in [0.29, 0.717) is 0 Å². The standard InChI is InChI=1S/C18H26N2O5S/c1-14(18(22)20-15-9-5-2-3-6-10-15)25-17(21)13-19-26(23,24)16-11-7-4-8-12-16/h4,7-8,11-12,14-15,19H,2-3,5-6,9-10,13H2,1H3,(H,20,22)/t14-/m0/s1. The fourth-order valence-corrected chi connectivity index (χ4v) is 3.86. The van der Waals surface area contributed by atoms with E-state index < -0.39 is 28.6 Å². The van der Waals surface area contributed by atoms with Crippen LogP contribution in [0.5, 0.6) is 0 Å². The van der Waals surface area contributed by atoms with Crippen LogP contribution in [0.15, 0.2) is 35.2 Å². The maximum atomic E-state index is 12.2. The Labute approximate surface area is 154 Å². The second-order valence-electron chi connectivity index (χ2n) is 6.47. The predicted octanol–water partition coefficient (Wildman–Crippen LogP) is 1.74. The molecule has 2 N–H and O–H groups in total. The number of esters is 1. The van der Waals surface area contributed by atoms with Gasteiger partial charge >= 0.3 is 5.97 Å². The number of hydrogen-bond acceptors (Lipinski definition) is 5. The molecule has 1 aliphatic rings. The smallest absolute Gasteiger partial charge is 0.321 e. The van der Waals surface area contributed by atoms with Crippen LogP contribution in [0.4, 0.5) is 0 Å². The van der Waals surface area contributed by atoms with E-state index in [1.807, 2.05) is 0 Å². The summed E-state index contributed by atoms with van der Waals surface area (Å²) in [7, 11) is -3.79. The van der Waals surface area contributed by atoms with Gasteiger partial charge in [-0.2, -0.15) is 4.72 Å². The minimum atomic E-state index is -3.79. The van der Waals surface area contributed by atoms with Gasteiger partial charge in [0.2, 0.25) is 10.0 Å². The zero-order valence-electron chi connectivity index (χ0n) is 14.9. The fraction of sp³-hybridized carbons (Fsp3) is 0.556. The Balaban J connectivity index is 1.78. The van der Waals surface area contributed by atoms with Crippen LogP contribution in [-0.4, -0.2) is 39.0 Å². The molecule has 8 heteroatoms. The highest BCUT2D eigenvalue weighted by Gasteiger charge is 2.23. The van der Waals surface area contributed by atoms with Gasteiger partial charge in [-0.05, 0) is 31.9 Å². The lowest BCUT2D eigenvalue weighted by molar-refractivity contribution is -0.153. The largest absolute Gasteiger partial charge is 0.452 e. The average Bonchev–Trinajstić information content (AvgIpc) is 2.89. The third kappa shape index (κ3) is 6.42. The fourth-order valence-electron chi connectivity index (χ4n) is 2.87. The minimum Gasteiger partial charge on any atom is -0.452 e. The molecule has 1 aromatic rings. The zero-order chi connectivity index (χ0) is 19.0. The number of carbonyl (C=O) groups excluding carboxylic acids is 2. The van der Waals surface area contributed by atoms with Crippen LogP contribution < -0.4 is 10.0 Å². The Hall–Kier alpha value is -1.93. The SMILES string of the molecule is C[C@H](OC(=O)CNS(=O)(=O)c1ccccc1)C(=O)NC1CCCCCC1. The average molecular weight is 382 g/mol. The first kappa shape index (κ1) is 20.4. The molecule has 144 valence electrons. The Morgan fingerprint density at radius 2 is 1.73 bits per heavy atom. The van der Waals surface area contributed by atoms with Crippen molar-refractivity contribution in [1.29, 1.82) is 0 Å². The molecule has 0 heterocycles. The van der Waals surface area contributed by atoms with Crippen molar-refractivity contribution in [3.8, 4) is 0 Å². The highest BCUT2D eigenvalue weighted by Crippen LogP contribution is 2.17. The molecule has 0 spiro atoms. The van der Waals surface area contributed by atoms with E-state index in [4.69, 9.17) is 4.74 Å². The molecule has 26 heavy (non-hydrogen) atoms. The van der Waals surface area contributed by atoms with Crippen molar-refractivity contribution in [1.82, 2.24) is 10.0 Å². The molecular weight excluding hydrogens is 356 g/mol. The van der Waals surface area contributed by atoms with Crippen LogP contribution in [0.25, 0.3) is 0 Å². The lowest BCUT2D eigenvalue weighted by atomic mass is 10.1. The number of sulfonamides is 1. The Kier molecular flexibility index (Phi) is 7.59. The van der Waals surface area contributed by atoms with Gasteiger partial charge < -0.3 is 10.1 Å². The molecule has 1 fully saturated rings. The summed E-state index contributed by atoms with van der Waals surface area (Å²) in [6.45, 7) is 0.952. The van der Waals surface area contributed by atoms with E-state index >= 15 is 0 Å². The summed E-state index contributed by atoms with van der Waals surface area (Å²) in [5.74, 6) is -1.15. The highest BCUT2D eigenvalue weighted by atomic mass is 32.2. The molecule has 0 aromatic heterocycles. The number of benzene rings is 1. The topological polar surface area (TPSA) is 102 Å². The first-order valence-electron chi connectivity index (χ1n) is 8.93. The second-order valence-corrected chi connectivity index (χ2v) is 8.23. The van der Waals surface area contributed by atoms with Gasteiger partial charge in [0.15, 0.2) is 6.10 Å². The van der Waals surface area contributed by atoms with Crippen molar-refractivity contribution >= 4 is 21.9 Å². The molecule has 1 saturated carbocycles. The van der Waals surface area contributed by atoms with Crippen molar-refractivity contribution in [2.45, 2.75) is 62.5 Å². The molecule has 1 aromatic carbocycles. The Morgan fingerprint density at radius 1 is 1.12 bits per heavy atom. The van der Waals surface area contributed by atoms with Crippen molar-refractivity contribution in [2.24, 2.45) is 0 Å². The molecular formula is C18H26N2O5S. The van der Waals surface area contributed by atoms with E-state index in [0.717, 1.165) is 25.7 Å². The van der Waals surface area contributed by atoms with Crippen molar-refractivity contribution in [3.63, 3.8) is 0 Å². The van der Waals surface area contributed by atoms with Gasteiger partial charge in [0, 0.05) is 6.04 Å². The molecule has 1 aliphatic carbocycles. The zero-order valence-corrected chi connectivity index (χ0v) is 15.8. The monoisotopic (exact) mass is 382 g/mol. The molecule has 1 amide bonds. The van der Waals surface area contributed by atoms with E-state index in [1.54, 1.807) is 18.2 Å². The van der Waals surface area contributed by atoms with E-state index in [-0.39, 0.29) is 16.8 Å². The Bertz CT molecular complexity index is 698. The summed E-state index contributed by atoms with van der Waals surface area (Å²) < 4.78 is 31.3. The molecule has 0 saturated heterocycles. The van der Waals surface area contributed by atoms with Gasteiger partial charge in [-0.25, -0.2) is 8.42 Å². The molecule has 7 nitrogen and oxygen atoms in total. The van der Waals surface area contributed by atoms with Crippen molar-refractivity contribution in [2.75, 3.05) is 6.54 Å². The third-order valence-electron chi connectivity index (χ3n) is 4.34. The van der Waals surface area contributed by atoms with Crippen LogP contribution in [0.2, 0.25) is 0 Å².